The quantitative estimate of drug-likeness (QED) is 0.422. The van der Waals surface area contributed by atoms with E-state index in [-0.39, 0.29) is 60.6 Å². The van der Waals surface area contributed by atoms with E-state index in [1.807, 2.05) is 18.2 Å². The van der Waals surface area contributed by atoms with E-state index in [9.17, 15) is 31.6 Å². The molecule has 2 aromatic carbocycles. The number of nitrogens with zero attached hydrogens (tertiary/aromatic N) is 2. The highest BCUT2D eigenvalue weighted by Crippen LogP contribution is 2.41. The van der Waals surface area contributed by atoms with Crippen molar-refractivity contribution in [1.82, 2.24) is 20.4 Å². The van der Waals surface area contributed by atoms with Crippen LogP contribution in [0, 0.1) is 11.8 Å². The molecule has 1 spiro atoms. The lowest BCUT2D eigenvalue weighted by Gasteiger charge is -2.44. The Hall–Kier alpha value is -3.22. The number of benzene rings is 2. The Morgan fingerprint density at radius 1 is 0.956 bits per heavy atom. The van der Waals surface area contributed by atoms with Crippen LogP contribution in [0.3, 0.4) is 0 Å². The zero-order valence-corrected chi connectivity index (χ0v) is 26.2. The first-order chi connectivity index (χ1) is 21.4. The van der Waals surface area contributed by atoms with Gasteiger partial charge >= 0.3 is 6.03 Å². The number of alkyl halides is 2. The number of imide groups is 1. The number of rotatable bonds is 8. The lowest BCUT2D eigenvalue weighted by molar-refractivity contribution is -0.137. The molecule has 4 aliphatic rings. The van der Waals surface area contributed by atoms with Crippen LogP contribution < -0.4 is 10.6 Å². The lowest BCUT2D eigenvalue weighted by Crippen LogP contribution is -2.60. The van der Waals surface area contributed by atoms with E-state index in [1.165, 1.54) is 17.0 Å². The minimum absolute atomic E-state index is 0.0111. The summed E-state index contributed by atoms with van der Waals surface area (Å²) in [6, 6.07) is 15.2. The summed E-state index contributed by atoms with van der Waals surface area (Å²) in [4.78, 5) is 44.5. The number of sulfone groups is 1. The van der Waals surface area contributed by atoms with Crippen LogP contribution in [-0.4, -0.2) is 85.9 Å². The van der Waals surface area contributed by atoms with Gasteiger partial charge in [0.05, 0.1) is 17.5 Å². The second-order valence-corrected chi connectivity index (χ2v) is 15.2. The molecule has 0 aromatic heterocycles. The summed E-state index contributed by atoms with van der Waals surface area (Å²) >= 11 is 0. The van der Waals surface area contributed by atoms with Gasteiger partial charge in [-0.05, 0) is 48.9 Å². The number of Topliss-reactive ketones (excluding diaryl/α,β-unsaturated/α-hetero) is 1. The predicted octanol–water partition coefficient (Wildman–Crippen LogP) is 3.74. The lowest BCUT2D eigenvalue weighted by atomic mass is 9.74. The molecule has 3 atom stereocenters. The van der Waals surface area contributed by atoms with Gasteiger partial charge in [-0.1, -0.05) is 42.5 Å². The summed E-state index contributed by atoms with van der Waals surface area (Å²) in [5, 5.41) is 6.39. The molecule has 3 amide bonds. The molecule has 0 bridgehead atoms. The molecule has 3 unspecified atom stereocenters. The molecule has 12 heteroatoms. The van der Waals surface area contributed by atoms with Gasteiger partial charge < -0.3 is 10.6 Å². The smallest absolute Gasteiger partial charge is 0.323 e. The van der Waals surface area contributed by atoms with E-state index >= 15 is 0 Å². The fourth-order valence-electron chi connectivity index (χ4n) is 7.69. The van der Waals surface area contributed by atoms with Crippen LogP contribution in [0.5, 0.6) is 0 Å². The van der Waals surface area contributed by atoms with Crippen molar-refractivity contribution in [2.24, 2.45) is 11.8 Å². The Labute approximate surface area is 262 Å². The van der Waals surface area contributed by atoms with Crippen LogP contribution in [0.4, 0.5) is 13.6 Å². The standard InChI is InChI=1S/C33H40F2N4O5S/c1-45(43,44)25-9-7-22(8-10-25)21-39-30(41)32(37-31(39)42)15-17-38(18-16-32)28(29(40)24-11-13-33(34,35)14-12-24)27-20-36-19-26(27)23-5-3-2-4-6-23/h2-10,24,26-28,36H,11-21H2,1H3,(H,37,42). The highest BCUT2D eigenvalue weighted by atomic mass is 32.2. The Balaban J connectivity index is 1.19. The van der Waals surface area contributed by atoms with E-state index < -0.39 is 39.3 Å². The molecule has 0 radical (unpaired) electrons. The third-order valence-electron chi connectivity index (χ3n) is 10.3. The van der Waals surface area contributed by atoms with Crippen molar-refractivity contribution in [3.8, 4) is 0 Å². The number of piperidine rings is 1. The molecule has 3 saturated heterocycles. The largest absolute Gasteiger partial charge is 0.325 e. The van der Waals surface area contributed by atoms with Crippen molar-refractivity contribution in [2.75, 3.05) is 32.4 Å². The Morgan fingerprint density at radius 3 is 2.22 bits per heavy atom. The highest BCUT2D eigenvalue weighted by molar-refractivity contribution is 7.90. The number of carbonyl (C=O) groups is 3. The van der Waals surface area contributed by atoms with Crippen LogP contribution in [0.25, 0.3) is 0 Å². The molecule has 3 heterocycles. The third kappa shape index (κ3) is 6.41. The molecule has 45 heavy (non-hydrogen) atoms. The van der Waals surface area contributed by atoms with Crippen molar-refractivity contribution in [3.63, 3.8) is 0 Å². The number of hydrogen-bond acceptors (Lipinski definition) is 7. The summed E-state index contributed by atoms with van der Waals surface area (Å²) in [5.74, 6) is -3.46. The van der Waals surface area contributed by atoms with Gasteiger partial charge in [-0.25, -0.2) is 22.0 Å². The van der Waals surface area contributed by atoms with Gasteiger partial charge in [-0.15, -0.1) is 0 Å². The van der Waals surface area contributed by atoms with Crippen molar-refractivity contribution in [2.45, 2.75) is 73.4 Å². The van der Waals surface area contributed by atoms with Crippen LogP contribution >= 0.6 is 0 Å². The minimum atomic E-state index is -3.37. The fraction of sp³-hybridized carbons (Fsp3) is 0.545. The molecule has 4 fully saturated rings. The summed E-state index contributed by atoms with van der Waals surface area (Å²) in [6.07, 6.45) is 1.55. The van der Waals surface area contributed by atoms with E-state index in [1.54, 1.807) is 12.1 Å². The molecular formula is C33H40F2N4O5S. The monoisotopic (exact) mass is 642 g/mol. The normalized spacial score (nSPS) is 26.2. The van der Waals surface area contributed by atoms with E-state index in [0.717, 1.165) is 11.8 Å². The SMILES string of the molecule is CS(=O)(=O)c1ccc(CN2C(=O)NC3(CCN(C(C(=O)C4CCC(F)(F)CC4)C4CNCC4c4ccccc4)CC3)C2=O)cc1. The topological polar surface area (TPSA) is 116 Å². The van der Waals surface area contributed by atoms with E-state index in [0.29, 0.717) is 44.6 Å². The second kappa shape index (κ2) is 12.2. The molecular weight excluding hydrogens is 602 g/mol. The molecule has 6 rings (SSSR count). The Bertz CT molecular complexity index is 1530. The number of urea groups is 1. The highest BCUT2D eigenvalue weighted by Gasteiger charge is 2.54. The average molecular weight is 643 g/mol. The molecule has 1 aliphatic carbocycles. The number of carbonyl (C=O) groups excluding carboxylic acids is 3. The van der Waals surface area contributed by atoms with Crippen molar-refractivity contribution in [3.05, 3.63) is 65.7 Å². The number of likely N-dealkylation sites (tertiary alicyclic amines) is 1. The summed E-state index contributed by atoms with van der Waals surface area (Å²) in [5.41, 5.74) is 0.672. The van der Waals surface area contributed by atoms with Crippen molar-refractivity contribution >= 4 is 27.6 Å². The zero-order chi connectivity index (χ0) is 32.0. The molecule has 1 saturated carbocycles. The predicted molar refractivity (Wildman–Crippen MR) is 163 cm³/mol. The molecule has 2 aromatic rings. The number of ketones is 1. The molecule has 9 nitrogen and oxygen atoms in total. The van der Waals surface area contributed by atoms with E-state index in [2.05, 4.69) is 27.7 Å². The number of nitrogens with one attached hydrogen (secondary N) is 2. The number of amides is 3. The zero-order valence-electron chi connectivity index (χ0n) is 25.4. The maximum atomic E-state index is 14.2. The number of hydrogen-bond donors (Lipinski definition) is 2. The molecule has 3 aliphatic heterocycles. The first kappa shape index (κ1) is 31.7. The van der Waals surface area contributed by atoms with Gasteiger partial charge in [0.2, 0.25) is 5.92 Å². The van der Waals surface area contributed by atoms with Gasteiger partial charge in [0, 0.05) is 63.0 Å². The summed E-state index contributed by atoms with van der Waals surface area (Å²) in [6.45, 7) is 2.16. The van der Waals surface area contributed by atoms with Gasteiger partial charge in [0.25, 0.3) is 5.91 Å². The second-order valence-electron chi connectivity index (χ2n) is 13.2. The molecule has 242 valence electrons. The van der Waals surface area contributed by atoms with Gasteiger partial charge in [0.1, 0.15) is 5.54 Å². The first-order valence-corrected chi connectivity index (χ1v) is 17.6. The summed E-state index contributed by atoms with van der Waals surface area (Å²) in [7, 11) is -3.37. The maximum Gasteiger partial charge on any atom is 0.325 e. The Kier molecular flexibility index (Phi) is 8.60. The third-order valence-corrected chi connectivity index (χ3v) is 11.4. The van der Waals surface area contributed by atoms with E-state index in [4.69, 9.17) is 0 Å². The maximum absolute atomic E-state index is 14.2. The average Bonchev–Trinajstić information content (AvgIpc) is 3.57. The van der Waals surface area contributed by atoms with Crippen LogP contribution in [0.15, 0.2) is 59.5 Å². The van der Waals surface area contributed by atoms with Crippen molar-refractivity contribution in [1.29, 1.82) is 0 Å². The minimum Gasteiger partial charge on any atom is -0.323 e. The van der Waals surface area contributed by atoms with Crippen molar-refractivity contribution < 1.29 is 31.6 Å². The van der Waals surface area contributed by atoms with Crippen LogP contribution in [-0.2, 0) is 26.0 Å². The molecule has 2 N–H and O–H groups in total. The van der Waals surface area contributed by atoms with Crippen LogP contribution in [0.1, 0.15) is 55.6 Å². The van der Waals surface area contributed by atoms with Crippen LogP contribution in [0.2, 0.25) is 0 Å². The number of halogens is 2. The van der Waals surface area contributed by atoms with Gasteiger partial charge in [0.15, 0.2) is 15.6 Å². The fourth-order valence-corrected chi connectivity index (χ4v) is 8.32. The van der Waals surface area contributed by atoms with Gasteiger partial charge in [-0.2, -0.15) is 0 Å². The first-order valence-electron chi connectivity index (χ1n) is 15.7. The Morgan fingerprint density at radius 2 is 1.60 bits per heavy atom. The summed E-state index contributed by atoms with van der Waals surface area (Å²) < 4.78 is 51.7. The van der Waals surface area contributed by atoms with Gasteiger partial charge in [-0.3, -0.25) is 19.4 Å².